The van der Waals surface area contributed by atoms with E-state index in [0.29, 0.717) is 22.9 Å². The Hall–Kier alpha value is -3.87. The van der Waals surface area contributed by atoms with Crippen LogP contribution in [0.1, 0.15) is 24.4 Å². The quantitative estimate of drug-likeness (QED) is 0.504. The first-order valence-corrected chi connectivity index (χ1v) is 11.5. The summed E-state index contributed by atoms with van der Waals surface area (Å²) in [6.45, 7) is 3.22. The lowest BCUT2D eigenvalue weighted by Gasteiger charge is -2.21. The molecule has 0 spiro atoms. The Morgan fingerprint density at radius 2 is 1.27 bits per heavy atom. The standard InChI is InChI=1S/C20H22N6O6S/c1-13-11-17(23-31-13)21-19(27)7-9-25-15-5-3-4-6-16(15)26(33(25,29)30)10-8-20(28)22-18-12-14(2)32-24-18/h3-6,11-12H,7-10H2,1-2H3,(H,21,23,27)(H,22,24,28). The summed E-state index contributed by atoms with van der Waals surface area (Å²) in [6.07, 6.45) is -0.196. The largest absolute Gasteiger partial charge is 0.360 e. The van der Waals surface area contributed by atoms with Crippen molar-refractivity contribution in [2.75, 3.05) is 32.3 Å². The molecule has 0 unspecified atom stereocenters. The summed E-state index contributed by atoms with van der Waals surface area (Å²) in [7, 11) is -3.98. The van der Waals surface area contributed by atoms with Gasteiger partial charge in [-0.1, -0.05) is 22.4 Å². The number of benzene rings is 1. The fourth-order valence-electron chi connectivity index (χ4n) is 3.39. The van der Waals surface area contributed by atoms with Crippen LogP contribution in [-0.2, 0) is 19.8 Å². The van der Waals surface area contributed by atoms with Crippen molar-refractivity contribution in [2.45, 2.75) is 26.7 Å². The summed E-state index contributed by atoms with van der Waals surface area (Å²) < 4.78 is 38.6. The Morgan fingerprint density at radius 1 is 0.848 bits per heavy atom. The van der Waals surface area contributed by atoms with E-state index < -0.39 is 22.0 Å². The second-order valence-corrected chi connectivity index (χ2v) is 9.16. The zero-order valence-electron chi connectivity index (χ0n) is 17.9. The topological polar surface area (TPSA) is 151 Å². The van der Waals surface area contributed by atoms with E-state index in [2.05, 4.69) is 20.9 Å². The highest BCUT2D eigenvalue weighted by Gasteiger charge is 2.40. The number of fused-ring (bicyclic) bond motifs is 1. The number of nitrogens with one attached hydrogen (secondary N) is 2. The fourth-order valence-corrected chi connectivity index (χ4v) is 5.08. The minimum atomic E-state index is -3.98. The van der Waals surface area contributed by atoms with E-state index in [1.807, 2.05) is 0 Å². The third-order valence-corrected chi connectivity index (χ3v) is 6.72. The summed E-state index contributed by atoms with van der Waals surface area (Å²) in [4.78, 5) is 24.6. The highest BCUT2D eigenvalue weighted by atomic mass is 32.2. The molecule has 1 aromatic carbocycles. The van der Waals surface area contributed by atoms with Gasteiger partial charge in [0.1, 0.15) is 11.5 Å². The molecule has 2 amide bonds. The lowest BCUT2D eigenvalue weighted by molar-refractivity contribution is -0.116. The summed E-state index contributed by atoms with van der Waals surface area (Å²) in [5, 5.41) is 12.5. The molecule has 174 valence electrons. The van der Waals surface area contributed by atoms with Gasteiger partial charge in [0, 0.05) is 38.1 Å². The van der Waals surface area contributed by atoms with Crippen molar-refractivity contribution in [3.63, 3.8) is 0 Å². The van der Waals surface area contributed by atoms with Crippen LogP contribution in [0.5, 0.6) is 0 Å². The maximum absolute atomic E-state index is 13.2. The van der Waals surface area contributed by atoms with Gasteiger partial charge in [-0.2, -0.15) is 8.42 Å². The van der Waals surface area contributed by atoms with Gasteiger partial charge in [0.25, 0.3) is 0 Å². The maximum Gasteiger partial charge on any atom is 0.326 e. The number of aryl methyl sites for hydroxylation is 2. The first-order valence-electron chi connectivity index (χ1n) is 10.1. The van der Waals surface area contributed by atoms with Crippen molar-refractivity contribution < 1.29 is 27.1 Å². The zero-order chi connectivity index (χ0) is 23.6. The molecule has 1 aliphatic heterocycles. The highest BCUT2D eigenvalue weighted by molar-refractivity contribution is 7.94. The van der Waals surface area contributed by atoms with Crippen LogP contribution in [0.25, 0.3) is 0 Å². The monoisotopic (exact) mass is 474 g/mol. The van der Waals surface area contributed by atoms with Crippen molar-refractivity contribution in [3.05, 3.63) is 47.9 Å². The van der Waals surface area contributed by atoms with Crippen LogP contribution in [-0.4, -0.2) is 43.6 Å². The minimum absolute atomic E-state index is 0.0804. The molecule has 3 heterocycles. The van der Waals surface area contributed by atoms with Crippen LogP contribution in [0.2, 0.25) is 0 Å². The molecule has 12 nitrogen and oxygen atoms in total. The number of rotatable bonds is 8. The molecule has 0 saturated carbocycles. The smallest absolute Gasteiger partial charge is 0.326 e. The number of carbonyl (C=O) groups excluding carboxylic acids is 2. The molecule has 3 aromatic rings. The summed E-state index contributed by atoms with van der Waals surface area (Å²) in [5.74, 6) is 0.794. The average molecular weight is 474 g/mol. The van der Waals surface area contributed by atoms with Gasteiger partial charge in [-0.15, -0.1) is 0 Å². The Labute approximate surface area is 189 Å². The molecule has 1 aliphatic rings. The fraction of sp³-hybridized carbons (Fsp3) is 0.300. The van der Waals surface area contributed by atoms with Gasteiger partial charge in [0.05, 0.1) is 11.4 Å². The van der Waals surface area contributed by atoms with Gasteiger partial charge in [-0.25, -0.2) is 0 Å². The minimum Gasteiger partial charge on any atom is -0.360 e. The van der Waals surface area contributed by atoms with Crippen LogP contribution in [0.3, 0.4) is 0 Å². The average Bonchev–Trinajstić information content (AvgIpc) is 3.41. The third-order valence-electron chi connectivity index (χ3n) is 4.85. The van der Waals surface area contributed by atoms with Crippen molar-refractivity contribution in [3.8, 4) is 0 Å². The molecule has 2 aromatic heterocycles. The van der Waals surface area contributed by atoms with Crippen LogP contribution in [0.15, 0.2) is 45.4 Å². The van der Waals surface area contributed by atoms with Crippen LogP contribution in [0.4, 0.5) is 23.0 Å². The molecule has 4 rings (SSSR count). The molecular weight excluding hydrogens is 452 g/mol. The lowest BCUT2D eigenvalue weighted by atomic mass is 10.2. The van der Waals surface area contributed by atoms with E-state index in [1.54, 1.807) is 50.2 Å². The summed E-state index contributed by atoms with van der Waals surface area (Å²) in [6, 6.07) is 9.86. The van der Waals surface area contributed by atoms with Gasteiger partial charge in [-0.05, 0) is 26.0 Å². The predicted molar refractivity (Wildman–Crippen MR) is 119 cm³/mol. The van der Waals surface area contributed by atoms with Gasteiger partial charge in [0.15, 0.2) is 11.6 Å². The van der Waals surface area contributed by atoms with Crippen molar-refractivity contribution in [2.24, 2.45) is 0 Å². The Bertz CT molecular complexity index is 1190. The number of aromatic nitrogens is 2. The Morgan fingerprint density at radius 3 is 1.64 bits per heavy atom. The zero-order valence-corrected chi connectivity index (χ0v) is 18.8. The van der Waals surface area contributed by atoms with Crippen molar-refractivity contribution in [1.82, 2.24) is 10.3 Å². The number of amides is 2. The normalized spacial score (nSPS) is 14.2. The van der Waals surface area contributed by atoms with E-state index in [-0.39, 0.29) is 37.6 Å². The number of nitrogens with zero attached hydrogens (tertiary/aromatic N) is 4. The van der Waals surface area contributed by atoms with E-state index in [1.165, 1.54) is 0 Å². The molecule has 0 atom stereocenters. The Kier molecular flexibility index (Phi) is 6.05. The summed E-state index contributed by atoms with van der Waals surface area (Å²) >= 11 is 0. The van der Waals surface area contributed by atoms with Gasteiger partial charge >= 0.3 is 10.2 Å². The van der Waals surface area contributed by atoms with E-state index >= 15 is 0 Å². The molecule has 13 heteroatoms. The van der Waals surface area contributed by atoms with Crippen molar-refractivity contribution >= 4 is 45.0 Å². The molecule has 0 radical (unpaired) electrons. The van der Waals surface area contributed by atoms with Gasteiger partial charge in [-0.3, -0.25) is 18.2 Å². The highest BCUT2D eigenvalue weighted by Crippen LogP contribution is 2.40. The van der Waals surface area contributed by atoms with Crippen LogP contribution < -0.4 is 19.2 Å². The molecular formula is C20H22N6O6S. The third kappa shape index (κ3) is 4.82. The van der Waals surface area contributed by atoms with Crippen LogP contribution >= 0.6 is 0 Å². The van der Waals surface area contributed by atoms with Gasteiger partial charge in [0.2, 0.25) is 11.8 Å². The van der Waals surface area contributed by atoms with Crippen LogP contribution in [0, 0.1) is 13.8 Å². The molecule has 0 saturated heterocycles. The van der Waals surface area contributed by atoms with E-state index in [0.717, 1.165) is 8.61 Å². The van der Waals surface area contributed by atoms with E-state index in [9.17, 15) is 18.0 Å². The molecule has 33 heavy (non-hydrogen) atoms. The second-order valence-electron chi connectivity index (χ2n) is 7.38. The molecule has 0 fully saturated rings. The number of carbonyl (C=O) groups is 2. The first-order chi connectivity index (χ1) is 15.7. The number of anilines is 4. The van der Waals surface area contributed by atoms with E-state index in [4.69, 9.17) is 9.05 Å². The lowest BCUT2D eigenvalue weighted by Crippen LogP contribution is -2.40. The summed E-state index contributed by atoms with van der Waals surface area (Å²) in [5.41, 5.74) is 0.880. The number of para-hydroxylation sites is 2. The first kappa shape index (κ1) is 22.3. The SMILES string of the molecule is Cc1cc(NC(=O)CCN2c3ccccc3N(CCC(=O)Nc3cc(C)on3)S2(=O)=O)no1. The number of hydrogen-bond donors (Lipinski definition) is 2. The molecule has 2 N–H and O–H groups in total. The molecule has 0 bridgehead atoms. The van der Waals surface area contributed by atoms with Crippen molar-refractivity contribution in [1.29, 1.82) is 0 Å². The molecule has 0 aliphatic carbocycles. The van der Waals surface area contributed by atoms with Gasteiger partial charge < -0.3 is 19.7 Å². The number of hydrogen-bond acceptors (Lipinski definition) is 8. The predicted octanol–water partition coefficient (Wildman–Crippen LogP) is 2.21. The Balaban J connectivity index is 1.42. The maximum atomic E-state index is 13.2. The second kappa shape index (κ2) is 8.94.